The van der Waals surface area contributed by atoms with Gasteiger partial charge in [0, 0.05) is 18.0 Å². The topological polar surface area (TPSA) is 84.2 Å². The monoisotopic (exact) mass is 467 g/mol. The highest BCUT2D eigenvalue weighted by Gasteiger charge is 2.29. The Bertz CT molecular complexity index is 1010. The number of rotatable bonds is 9. The average molecular weight is 468 g/mol. The van der Waals surface area contributed by atoms with Gasteiger partial charge in [0.2, 0.25) is 0 Å². The SMILES string of the molecule is CCC(C)C[C@H](NC(=O)c1ccc2c(c1)nc(CC1CCCC1)n2C1CCCCC1C)C(=O)O. The van der Waals surface area contributed by atoms with E-state index in [0.717, 1.165) is 23.9 Å². The standard InChI is InChI=1S/C28H41N3O3/c1-4-18(2)15-23(28(33)34)30-27(32)21-13-14-25-22(17-21)29-26(16-20-10-6-7-11-20)31(25)24-12-8-5-9-19(24)3/h13-14,17-20,23-24H,4-12,15-16H2,1-3H3,(H,30,32)(H,33,34)/t18?,19?,23-,24?/m0/s1. The van der Waals surface area contributed by atoms with Crippen LogP contribution in [0.25, 0.3) is 11.0 Å². The molecule has 34 heavy (non-hydrogen) atoms. The molecule has 6 nitrogen and oxygen atoms in total. The van der Waals surface area contributed by atoms with Crippen molar-refractivity contribution in [1.82, 2.24) is 14.9 Å². The molecular weight excluding hydrogens is 426 g/mol. The zero-order valence-electron chi connectivity index (χ0n) is 21.1. The second kappa shape index (κ2) is 10.9. The predicted octanol–water partition coefficient (Wildman–Crippen LogP) is 6.14. The molecular formula is C28H41N3O3. The molecule has 2 aromatic rings. The summed E-state index contributed by atoms with van der Waals surface area (Å²) in [5.74, 6) is 1.40. The van der Waals surface area contributed by atoms with Crippen LogP contribution in [0, 0.1) is 17.8 Å². The number of carboxylic acids is 1. The number of imidazole rings is 1. The van der Waals surface area contributed by atoms with Gasteiger partial charge < -0.3 is 15.0 Å². The van der Waals surface area contributed by atoms with Gasteiger partial charge in [-0.15, -0.1) is 0 Å². The van der Waals surface area contributed by atoms with Crippen LogP contribution >= 0.6 is 0 Å². The number of aromatic nitrogens is 2. The first-order valence-electron chi connectivity index (χ1n) is 13.4. The summed E-state index contributed by atoms with van der Waals surface area (Å²) in [6, 6.07) is 5.31. The number of hydrogen-bond acceptors (Lipinski definition) is 3. The number of aliphatic carboxylic acids is 1. The van der Waals surface area contributed by atoms with E-state index in [0.29, 0.717) is 29.9 Å². The molecule has 1 aromatic carbocycles. The molecule has 0 aliphatic heterocycles. The first kappa shape index (κ1) is 24.7. The third kappa shape index (κ3) is 5.47. The van der Waals surface area contributed by atoms with E-state index in [2.05, 4.69) is 16.8 Å². The Morgan fingerprint density at radius 2 is 1.85 bits per heavy atom. The summed E-state index contributed by atoms with van der Waals surface area (Å²) in [5.41, 5.74) is 2.45. The largest absolute Gasteiger partial charge is 0.480 e. The van der Waals surface area contributed by atoms with Gasteiger partial charge in [-0.2, -0.15) is 0 Å². The normalized spacial score (nSPS) is 23.1. The van der Waals surface area contributed by atoms with Crippen LogP contribution in [-0.2, 0) is 11.2 Å². The maximum Gasteiger partial charge on any atom is 0.326 e. The molecule has 1 amide bonds. The third-order valence-electron chi connectivity index (χ3n) is 8.31. The average Bonchev–Trinajstić information content (AvgIpc) is 3.46. The van der Waals surface area contributed by atoms with Crippen LogP contribution in [0.3, 0.4) is 0 Å². The van der Waals surface area contributed by atoms with Gasteiger partial charge in [0.25, 0.3) is 5.91 Å². The molecule has 0 bridgehead atoms. The molecule has 3 unspecified atom stereocenters. The minimum absolute atomic E-state index is 0.232. The number of nitrogens with zero attached hydrogens (tertiary/aromatic N) is 2. The molecule has 186 valence electrons. The molecule has 1 heterocycles. The molecule has 6 heteroatoms. The van der Waals surface area contributed by atoms with E-state index in [9.17, 15) is 14.7 Å². The third-order valence-corrected chi connectivity index (χ3v) is 8.31. The number of amides is 1. The van der Waals surface area contributed by atoms with Crippen molar-refractivity contribution in [1.29, 1.82) is 0 Å². The quantitative estimate of drug-likeness (QED) is 0.464. The zero-order chi connectivity index (χ0) is 24.2. The highest BCUT2D eigenvalue weighted by molar-refractivity contribution is 5.99. The summed E-state index contributed by atoms with van der Waals surface area (Å²) in [6.45, 7) is 6.41. The number of carboxylic acid groups (broad SMARTS) is 1. The molecule has 1 aromatic heterocycles. The van der Waals surface area contributed by atoms with E-state index in [1.165, 1.54) is 57.2 Å². The number of benzene rings is 1. The smallest absolute Gasteiger partial charge is 0.326 e. The molecule has 4 rings (SSSR count). The van der Waals surface area contributed by atoms with Crippen molar-refractivity contribution in [3.63, 3.8) is 0 Å². The lowest BCUT2D eigenvalue weighted by atomic mass is 9.85. The maximum absolute atomic E-state index is 13.0. The molecule has 2 saturated carbocycles. The van der Waals surface area contributed by atoms with Crippen molar-refractivity contribution < 1.29 is 14.7 Å². The van der Waals surface area contributed by atoms with E-state index < -0.39 is 12.0 Å². The summed E-state index contributed by atoms with van der Waals surface area (Å²) >= 11 is 0. The van der Waals surface area contributed by atoms with Crippen LogP contribution < -0.4 is 5.32 Å². The Morgan fingerprint density at radius 3 is 2.53 bits per heavy atom. The number of nitrogens with one attached hydrogen (secondary N) is 1. The van der Waals surface area contributed by atoms with Gasteiger partial charge in [0.1, 0.15) is 11.9 Å². The minimum Gasteiger partial charge on any atom is -0.480 e. The lowest BCUT2D eigenvalue weighted by Crippen LogP contribution is -2.41. The highest BCUT2D eigenvalue weighted by Crippen LogP contribution is 2.38. The first-order valence-corrected chi connectivity index (χ1v) is 13.4. The van der Waals surface area contributed by atoms with Crippen LogP contribution in [0.5, 0.6) is 0 Å². The molecule has 0 radical (unpaired) electrons. The highest BCUT2D eigenvalue weighted by atomic mass is 16.4. The van der Waals surface area contributed by atoms with Gasteiger partial charge in [-0.05, 0) is 55.2 Å². The summed E-state index contributed by atoms with van der Waals surface area (Å²) in [6.07, 6.45) is 12.5. The molecule has 2 fully saturated rings. The Hall–Kier alpha value is -2.37. The van der Waals surface area contributed by atoms with Crippen molar-refractivity contribution in [2.75, 3.05) is 0 Å². The van der Waals surface area contributed by atoms with Gasteiger partial charge in [0.15, 0.2) is 0 Å². The second-order valence-electron chi connectivity index (χ2n) is 10.9. The summed E-state index contributed by atoms with van der Waals surface area (Å²) in [7, 11) is 0. The molecule has 0 saturated heterocycles. The Balaban J connectivity index is 1.63. The van der Waals surface area contributed by atoms with E-state index >= 15 is 0 Å². The van der Waals surface area contributed by atoms with Crippen LogP contribution in [0.15, 0.2) is 18.2 Å². The van der Waals surface area contributed by atoms with Crippen molar-refractivity contribution in [2.24, 2.45) is 17.8 Å². The summed E-state index contributed by atoms with van der Waals surface area (Å²) < 4.78 is 2.49. The van der Waals surface area contributed by atoms with E-state index in [4.69, 9.17) is 4.98 Å². The summed E-state index contributed by atoms with van der Waals surface area (Å²) in [5, 5.41) is 12.3. The fraction of sp³-hybridized carbons (Fsp3) is 0.679. The lowest BCUT2D eigenvalue weighted by molar-refractivity contribution is -0.139. The van der Waals surface area contributed by atoms with Crippen LogP contribution in [-0.4, -0.2) is 32.6 Å². The van der Waals surface area contributed by atoms with Crippen LogP contribution in [0.2, 0.25) is 0 Å². The Morgan fingerprint density at radius 1 is 1.15 bits per heavy atom. The molecule has 0 spiro atoms. The number of fused-ring (bicyclic) bond motifs is 1. The summed E-state index contributed by atoms with van der Waals surface area (Å²) in [4.78, 5) is 29.8. The zero-order valence-corrected chi connectivity index (χ0v) is 21.1. The van der Waals surface area contributed by atoms with Gasteiger partial charge in [-0.1, -0.05) is 65.7 Å². The maximum atomic E-state index is 13.0. The van der Waals surface area contributed by atoms with Crippen molar-refractivity contribution in [2.45, 2.75) is 103 Å². The molecule has 2 N–H and O–H groups in total. The van der Waals surface area contributed by atoms with E-state index in [1.54, 1.807) is 0 Å². The van der Waals surface area contributed by atoms with Gasteiger partial charge in [0.05, 0.1) is 11.0 Å². The van der Waals surface area contributed by atoms with Gasteiger partial charge in [-0.25, -0.2) is 9.78 Å². The molecule has 2 aliphatic rings. The van der Waals surface area contributed by atoms with Gasteiger partial charge in [-0.3, -0.25) is 4.79 Å². The van der Waals surface area contributed by atoms with Crippen LogP contribution in [0.1, 0.15) is 107 Å². The fourth-order valence-corrected chi connectivity index (χ4v) is 5.99. The fourth-order valence-electron chi connectivity index (χ4n) is 5.99. The molecule has 4 atom stereocenters. The van der Waals surface area contributed by atoms with Crippen molar-refractivity contribution in [3.8, 4) is 0 Å². The second-order valence-corrected chi connectivity index (χ2v) is 10.9. The Labute approximate surface area is 203 Å². The Kier molecular flexibility index (Phi) is 7.95. The first-order chi connectivity index (χ1) is 16.4. The van der Waals surface area contributed by atoms with Crippen molar-refractivity contribution >= 4 is 22.9 Å². The van der Waals surface area contributed by atoms with Crippen molar-refractivity contribution in [3.05, 3.63) is 29.6 Å². The number of carbonyl (C=O) groups is 2. The minimum atomic E-state index is -0.982. The number of hydrogen-bond donors (Lipinski definition) is 2. The molecule has 2 aliphatic carbocycles. The van der Waals surface area contributed by atoms with Gasteiger partial charge >= 0.3 is 5.97 Å². The van der Waals surface area contributed by atoms with E-state index in [-0.39, 0.29) is 11.8 Å². The van der Waals surface area contributed by atoms with E-state index in [1.807, 2.05) is 32.0 Å². The predicted molar refractivity (Wildman–Crippen MR) is 135 cm³/mol. The van der Waals surface area contributed by atoms with Crippen LogP contribution in [0.4, 0.5) is 0 Å². The number of carbonyl (C=O) groups excluding carboxylic acids is 1. The lowest BCUT2D eigenvalue weighted by Gasteiger charge is -2.32.